The number of aromatic nitrogens is 1. The molecule has 0 saturated carbocycles. The Kier molecular flexibility index (Phi) is 4.06. The summed E-state index contributed by atoms with van der Waals surface area (Å²) < 4.78 is 25.6. The van der Waals surface area contributed by atoms with Crippen molar-refractivity contribution in [2.45, 2.75) is 30.0 Å². The van der Waals surface area contributed by atoms with Gasteiger partial charge in [-0.05, 0) is 12.8 Å². The number of carboxylic acid groups (broad SMARTS) is 1. The molecular weight excluding hydrogens is 306 g/mol. The van der Waals surface area contributed by atoms with E-state index in [1.807, 2.05) is 0 Å². The van der Waals surface area contributed by atoms with Gasteiger partial charge in [0.1, 0.15) is 6.04 Å². The molecule has 8 nitrogen and oxygen atoms in total. The topological polar surface area (TPSA) is 117 Å². The van der Waals surface area contributed by atoms with Gasteiger partial charge in [0.25, 0.3) is 10.0 Å². The van der Waals surface area contributed by atoms with E-state index >= 15 is 0 Å². The molecule has 1 amide bonds. The Bertz CT molecular complexity index is 639. The van der Waals surface area contributed by atoms with Crippen LogP contribution in [0.1, 0.15) is 19.8 Å². The minimum atomic E-state index is -3.89. The molecule has 110 valence electrons. The third-order valence-electron chi connectivity index (χ3n) is 2.82. The number of sulfonamides is 1. The first-order chi connectivity index (χ1) is 9.32. The van der Waals surface area contributed by atoms with Crippen LogP contribution in [0.15, 0.2) is 10.4 Å². The Morgan fingerprint density at radius 2 is 2.25 bits per heavy atom. The van der Waals surface area contributed by atoms with Crippen molar-refractivity contribution in [1.82, 2.24) is 9.29 Å². The van der Waals surface area contributed by atoms with E-state index in [2.05, 4.69) is 10.3 Å². The number of rotatable bonds is 4. The monoisotopic (exact) mass is 319 g/mol. The Hall–Kier alpha value is -1.52. The molecule has 0 aliphatic carbocycles. The third-order valence-corrected chi connectivity index (χ3v) is 6.08. The number of thiazole rings is 1. The molecule has 10 heteroatoms. The molecule has 1 fully saturated rings. The van der Waals surface area contributed by atoms with Gasteiger partial charge in [-0.3, -0.25) is 9.59 Å². The minimum absolute atomic E-state index is 0.0746. The van der Waals surface area contributed by atoms with Gasteiger partial charge in [0.2, 0.25) is 5.91 Å². The highest BCUT2D eigenvalue weighted by atomic mass is 32.2. The van der Waals surface area contributed by atoms with Crippen LogP contribution in [0.3, 0.4) is 0 Å². The predicted octanol–water partition coefficient (Wildman–Crippen LogP) is 0.339. The summed E-state index contributed by atoms with van der Waals surface area (Å²) in [6, 6.07) is -1.04. The van der Waals surface area contributed by atoms with Crippen molar-refractivity contribution in [1.29, 1.82) is 0 Å². The van der Waals surface area contributed by atoms with Crippen LogP contribution in [0, 0.1) is 0 Å². The summed E-state index contributed by atoms with van der Waals surface area (Å²) >= 11 is 0.803. The molecular formula is C10H13N3O5S2. The van der Waals surface area contributed by atoms with Crippen LogP contribution in [0.2, 0.25) is 0 Å². The summed E-state index contributed by atoms with van der Waals surface area (Å²) in [7, 11) is -3.89. The zero-order valence-electron chi connectivity index (χ0n) is 10.6. The lowest BCUT2D eigenvalue weighted by Gasteiger charge is -2.19. The number of nitrogens with zero attached hydrogens (tertiary/aromatic N) is 2. The fourth-order valence-electron chi connectivity index (χ4n) is 1.98. The van der Waals surface area contributed by atoms with Crippen LogP contribution < -0.4 is 5.32 Å². The molecule has 1 atom stereocenters. The van der Waals surface area contributed by atoms with Gasteiger partial charge in [0, 0.05) is 13.5 Å². The van der Waals surface area contributed by atoms with Gasteiger partial charge in [-0.1, -0.05) is 11.3 Å². The molecule has 20 heavy (non-hydrogen) atoms. The first kappa shape index (κ1) is 14.9. The maximum atomic E-state index is 12.4. The van der Waals surface area contributed by atoms with Crippen molar-refractivity contribution >= 4 is 38.4 Å². The molecule has 2 N–H and O–H groups in total. The Balaban J connectivity index is 2.28. The fraction of sp³-hybridized carbons (Fsp3) is 0.500. The van der Waals surface area contributed by atoms with Crippen molar-refractivity contribution in [3.63, 3.8) is 0 Å². The Morgan fingerprint density at radius 3 is 2.85 bits per heavy atom. The summed E-state index contributed by atoms with van der Waals surface area (Å²) in [4.78, 5) is 25.8. The van der Waals surface area contributed by atoms with Crippen LogP contribution in [0.25, 0.3) is 0 Å². The second-order valence-corrected chi connectivity index (χ2v) is 7.43. The number of hydrogen-bond acceptors (Lipinski definition) is 6. The predicted molar refractivity (Wildman–Crippen MR) is 71.0 cm³/mol. The number of anilines is 1. The molecule has 2 rings (SSSR count). The molecule has 1 aliphatic rings. The highest BCUT2D eigenvalue weighted by molar-refractivity contribution is 7.91. The van der Waals surface area contributed by atoms with E-state index in [-0.39, 0.29) is 21.8 Å². The molecule has 2 heterocycles. The maximum Gasteiger partial charge on any atom is 0.322 e. The summed E-state index contributed by atoms with van der Waals surface area (Å²) in [5, 5.41) is 11.6. The zero-order valence-corrected chi connectivity index (χ0v) is 12.2. The van der Waals surface area contributed by atoms with Crippen molar-refractivity contribution in [3.8, 4) is 0 Å². The number of hydrogen-bond donors (Lipinski definition) is 2. The second kappa shape index (κ2) is 5.46. The SMILES string of the molecule is CC(=O)Nc1ncc(S(=O)(=O)N2CCC[C@@H]2C(=O)O)s1. The zero-order chi connectivity index (χ0) is 14.9. The normalized spacial score (nSPS) is 19.9. The number of aliphatic carboxylic acids is 1. The number of carbonyl (C=O) groups excluding carboxylic acids is 1. The fourth-order valence-corrected chi connectivity index (χ4v) is 4.84. The van der Waals surface area contributed by atoms with E-state index in [0.29, 0.717) is 12.8 Å². The van der Waals surface area contributed by atoms with Crippen LogP contribution in [-0.2, 0) is 19.6 Å². The smallest absolute Gasteiger partial charge is 0.322 e. The van der Waals surface area contributed by atoms with E-state index in [0.717, 1.165) is 21.8 Å². The molecule has 1 saturated heterocycles. The third kappa shape index (κ3) is 2.81. The van der Waals surface area contributed by atoms with Crippen molar-refractivity contribution < 1.29 is 23.1 Å². The number of carbonyl (C=O) groups is 2. The average Bonchev–Trinajstić information content (AvgIpc) is 2.95. The Morgan fingerprint density at radius 1 is 1.55 bits per heavy atom. The van der Waals surface area contributed by atoms with E-state index in [4.69, 9.17) is 5.11 Å². The average molecular weight is 319 g/mol. The molecule has 0 spiro atoms. The van der Waals surface area contributed by atoms with E-state index in [9.17, 15) is 18.0 Å². The highest BCUT2D eigenvalue weighted by Gasteiger charge is 2.40. The summed E-state index contributed by atoms with van der Waals surface area (Å²) in [5.74, 6) is -1.51. The van der Waals surface area contributed by atoms with Crippen molar-refractivity contribution in [3.05, 3.63) is 6.20 Å². The summed E-state index contributed by atoms with van der Waals surface area (Å²) in [6.07, 6.45) is 1.93. The molecule has 0 radical (unpaired) electrons. The second-order valence-electron chi connectivity index (χ2n) is 4.28. The van der Waals surface area contributed by atoms with E-state index in [1.54, 1.807) is 0 Å². The molecule has 1 aromatic heterocycles. The van der Waals surface area contributed by atoms with Gasteiger partial charge < -0.3 is 10.4 Å². The lowest BCUT2D eigenvalue weighted by atomic mass is 10.2. The lowest BCUT2D eigenvalue weighted by molar-refractivity contribution is -0.140. The van der Waals surface area contributed by atoms with Gasteiger partial charge in [-0.2, -0.15) is 4.31 Å². The lowest BCUT2D eigenvalue weighted by Crippen LogP contribution is -2.40. The van der Waals surface area contributed by atoms with Gasteiger partial charge in [0.15, 0.2) is 9.34 Å². The van der Waals surface area contributed by atoms with E-state index < -0.39 is 22.0 Å². The van der Waals surface area contributed by atoms with Crippen LogP contribution in [-0.4, -0.2) is 47.3 Å². The molecule has 0 bridgehead atoms. The number of nitrogens with one attached hydrogen (secondary N) is 1. The number of carboxylic acids is 1. The quantitative estimate of drug-likeness (QED) is 0.826. The van der Waals surface area contributed by atoms with Gasteiger partial charge in [-0.25, -0.2) is 13.4 Å². The maximum absolute atomic E-state index is 12.4. The first-order valence-corrected chi connectivity index (χ1v) is 8.06. The molecule has 0 unspecified atom stereocenters. The van der Waals surface area contributed by atoms with Crippen molar-refractivity contribution in [2.75, 3.05) is 11.9 Å². The molecule has 1 aliphatic heterocycles. The molecule has 1 aromatic rings. The van der Waals surface area contributed by atoms with Gasteiger partial charge >= 0.3 is 5.97 Å². The summed E-state index contributed by atoms with van der Waals surface area (Å²) in [5.41, 5.74) is 0. The van der Waals surface area contributed by atoms with Gasteiger partial charge in [0.05, 0.1) is 6.20 Å². The van der Waals surface area contributed by atoms with Crippen LogP contribution >= 0.6 is 11.3 Å². The molecule has 0 aromatic carbocycles. The first-order valence-electron chi connectivity index (χ1n) is 5.80. The van der Waals surface area contributed by atoms with Crippen LogP contribution in [0.4, 0.5) is 5.13 Å². The minimum Gasteiger partial charge on any atom is -0.480 e. The Labute approximate surface area is 119 Å². The summed E-state index contributed by atoms with van der Waals surface area (Å²) in [6.45, 7) is 1.46. The van der Waals surface area contributed by atoms with Crippen LogP contribution in [0.5, 0.6) is 0 Å². The number of amides is 1. The highest BCUT2D eigenvalue weighted by Crippen LogP contribution is 2.30. The van der Waals surface area contributed by atoms with Crippen molar-refractivity contribution in [2.24, 2.45) is 0 Å². The standard InChI is InChI=1S/C10H13N3O5S2/c1-6(14)12-10-11-5-8(19-10)20(17,18)13-4-2-3-7(13)9(15)16/h5,7H,2-4H2,1H3,(H,15,16)(H,11,12,14)/t7-/m1/s1. The van der Waals surface area contributed by atoms with E-state index in [1.165, 1.54) is 6.92 Å². The van der Waals surface area contributed by atoms with Gasteiger partial charge in [-0.15, -0.1) is 0 Å². The largest absolute Gasteiger partial charge is 0.480 e.